The van der Waals surface area contributed by atoms with E-state index in [0.717, 1.165) is 18.8 Å². The van der Waals surface area contributed by atoms with Crippen molar-refractivity contribution in [3.8, 4) is 0 Å². The van der Waals surface area contributed by atoms with Gasteiger partial charge in [-0.25, -0.2) is 4.98 Å². The van der Waals surface area contributed by atoms with E-state index in [9.17, 15) is 0 Å². The van der Waals surface area contributed by atoms with E-state index in [1.165, 1.54) is 16.8 Å². The first-order chi connectivity index (χ1) is 10.1. The maximum Gasteiger partial charge on any atom is 0.133 e. The first kappa shape index (κ1) is 14.1. The van der Waals surface area contributed by atoms with Gasteiger partial charge in [-0.3, -0.25) is 0 Å². The van der Waals surface area contributed by atoms with E-state index in [-0.39, 0.29) is 0 Å². The highest BCUT2D eigenvalue weighted by Crippen LogP contribution is 2.37. The third-order valence-corrected chi connectivity index (χ3v) is 3.98. The Morgan fingerprint density at radius 1 is 1.29 bits per heavy atom. The first-order valence-electron chi connectivity index (χ1n) is 7.70. The summed E-state index contributed by atoms with van der Waals surface area (Å²) in [5.74, 6) is 1.05. The minimum absolute atomic E-state index is 0.461. The Kier molecular flexibility index (Phi) is 3.93. The van der Waals surface area contributed by atoms with Crippen LogP contribution in [0.5, 0.6) is 0 Å². The van der Waals surface area contributed by atoms with Crippen LogP contribution in [0.2, 0.25) is 0 Å². The van der Waals surface area contributed by atoms with E-state index < -0.39 is 0 Å². The van der Waals surface area contributed by atoms with Crippen molar-refractivity contribution in [2.45, 2.75) is 45.8 Å². The minimum Gasteiger partial charge on any atom is -0.323 e. The summed E-state index contributed by atoms with van der Waals surface area (Å²) in [6, 6.07) is 13.9. The summed E-state index contributed by atoms with van der Waals surface area (Å²) in [4.78, 5) is 6.95. The van der Waals surface area contributed by atoms with Crippen LogP contribution in [-0.2, 0) is 13.0 Å². The fourth-order valence-electron chi connectivity index (χ4n) is 2.94. The quantitative estimate of drug-likeness (QED) is 0.927. The van der Waals surface area contributed by atoms with Crippen molar-refractivity contribution >= 4 is 11.5 Å². The monoisotopic (exact) mass is 281 g/mol. The van der Waals surface area contributed by atoms with Crippen LogP contribution in [0.3, 0.4) is 0 Å². The van der Waals surface area contributed by atoms with Gasteiger partial charge in [-0.2, -0.15) is 0 Å². The molecule has 110 valence electrons. The molecule has 3 nitrogen and oxygen atoms in total. The Bertz CT molecular complexity index is 621. The molecule has 0 bridgehead atoms. The lowest BCUT2D eigenvalue weighted by atomic mass is 10.1. The third kappa shape index (κ3) is 2.93. The van der Waals surface area contributed by atoms with Gasteiger partial charge < -0.3 is 10.2 Å². The molecule has 0 saturated heterocycles. The number of rotatable bonds is 4. The summed E-state index contributed by atoms with van der Waals surface area (Å²) in [5, 5.41) is 3.46. The highest BCUT2D eigenvalue weighted by molar-refractivity contribution is 5.69. The van der Waals surface area contributed by atoms with E-state index in [1.54, 1.807) is 0 Å². The fourth-order valence-corrected chi connectivity index (χ4v) is 2.94. The molecule has 21 heavy (non-hydrogen) atoms. The van der Waals surface area contributed by atoms with Gasteiger partial charge >= 0.3 is 0 Å². The second-order valence-corrected chi connectivity index (χ2v) is 6.11. The minimum atomic E-state index is 0.461. The molecule has 0 amide bonds. The molecule has 1 aromatic heterocycles. The van der Waals surface area contributed by atoms with Gasteiger partial charge in [-0.15, -0.1) is 0 Å². The highest BCUT2D eigenvalue weighted by atomic mass is 15.2. The summed E-state index contributed by atoms with van der Waals surface area (Å²) in [7, 11) is 0. The molecule has 3 rings (SSSR count). The van der Waals surface area contributed by atoms with Crippen LogP contribution < -0.4 is 10.2 Å². The van der Waals surface area contributed by atoms with Crippen LogP contribution in [0.25, 0.3) is 0 Å². The number of benzene rings is 1. The maximum absolute atomic E-state index is 4.60. The molecule has 0 radical (unpaired) electrons. The average Bonchev–Trinajstić information content (AvgIpc) is 2.81. The molecule has 0 aliphatic carbocycles. The van der Waals surface area contributed by atoms with E-state index in [4.69, 9.17) is 0 Å². The predicted molar refractivity (Wildman–Crippen MR) is 88.0 cm³/mol. The number of aromatic nitrogens is 1. The standard InChI is InChI=1S/C18H23N3/c1-13(2)20-12-15-8-9-19-18(11-15)21-14(3)10-16-6-4-5-7-17(16)21/h4-9,11,13-14,20H,10,12H2,1-3H3. The average molecular weight is 281 g/mol. The first-order valence-corrected chi connectivity index (χ1v) is 7.70. The van der Waals surface area contributed by atoms with Gasteiger partial charge in [-0.05, 0) is 42.7 Å². The summed E-state index contributed by atoms with van der Waals surface area (Å²) in [6.45, 7) is 7.49. The van der Waals surface area contributed by atoms with Gasteiger partial charge in [0.15, 0.2) is 0 Å². The van der Waals surface area contributed by atoms with Crippen LogP contribution >= 0.6 is 0 Å². The zero-order valence-electron chi connectivity index (χ0n) is 13.0. The lowest BCUT2D eigenvalue weighted by Crippen LogP contribution is -2.25. The Hall–Kier alpha value is -1.87. The van der Waals surface area contributed by atoms with Gasteiger partial charge in [0.05, 0.1) is 0 Å². The Balaban J connectivity index is 1.88. The molecule has 1 aliphatic heterocycles. The number of hydrogen-bond donors (Lipinski definition) is 1. The number of pyridine rings is 1. The van der Waals surface area contributed by atoms with Gasteiger partial charge in [0.25, 0.3) is 0 Å². The SMILES string of the molecule is CC(C)NCc1ccnc(N2c3ccccc3CC2C)c1. The second kappa shape index (κ2) is 5.86. The molecule has 0 fully saturated rings. The molecule has 1 aromatic carbocycles. The molecule has 3 heteroatoms. The molecular weight excluding hydrogens is 258 g/mol. The molecule has 1 unspecified atom stereocenters. The van der Waals surface area contributed by atoms with Crippen molar-refractivity contribution in [2.75, 3.05) is 4.90 Å². The number of nitrogens with zero attached hydrogens (tertiary/aromatic N) is 2. The molecule has 1 N–H and O–H groups in total. The number of anilines is 2. The van der Waals surface area contributed by atoms with Crippen molar-refractivity contribution < 1.29 is 0 Å². The topological polar surface area (TPSA) is 28.2 Å². The summed E-state index contributed by atoms with van der Waals surface area (Å²) >= 11 is 0. The summed E-state index contributed by atoms with van der Waals surface area (Å²) in [5.41, 5.74) is 3.99. The van der Waals surface area contributed by atoms with Gasteiger partial charge in [0.1, 0.15) is 5.82 Å². The molecule has 0 saturated carbocycles. The second-order valence-electron chi connectivity index (χ2n) is 6.11. The molecule has 0 spiro atoms. The van der Waals surface area contributed by atoms with Crippen LogP contribution in [0.4, 0.5) is 11.5 Å². The Morgan fingerprint density at radius 2 is 2.10 bits per heavy atom. The van der Waals surface area contributed by atoms with Crippen LogP contribution in [0.15, 0.2) is 42.6 Å². The van der Waals surface area contributed by atoms with Crippen LogP contribution in [0.1, 0.15) is 31.9 Å². The van der Waals surface area contributed by atoms with Crippen molar-refractivity contribution in [3.63, 3.8) is 0 Å². The van der Waals surface area contributed by atoms with E-state index in [2.05, 4.69) is 72.4 Å². The molecular formula is C18H23N3. The molecule has 1 atom stereocenters. The molecule has 2 aromatic rings. The maximum atomic E-state index is 4.60. The largest absolute Gasteiger partial charge is 0.323 e. The van der Waals surface area contributed by atoms with Gasteiger partial charge in [0, 0.05) is 30.5 Å². The lowest BCUT2D eigenvalue weighted by Gasteiger charge is -2.24. The fraction of sp³-hybridized carbons (Fsp3) is 0.389. The molecule has 1 aliphatic rings. The van der Waals surface area contributed by atoms with Gasteiger partial charge in [0.2, 0.25) is 0 Å². The van der Waals surface area contributed by atoms with Crippen LogP contribution in [-0.4, -0.2) is 17.1 Å². The lowest BCUT2D eigenvalue weighted by molar-refractivity contribution is 0.588. The summed E-state index contributed by atoms with van der Waals surface area (Å²) < 4.78 is 0. The van der Waals surface area contributed by atoms with Crippen molar-refractivity contribution in [1.82, 2.24) is 10.3 Å². The number of fused-ring (bicyclic) bond motifs is 1. The Labute approximate surface area is 127 Å². The van der Waals surface area contributed by atoms with Crippen molar-refractivity contribution in [1.29, 1.82) is 0 Å². The number of hydrogen-bond acceptors (Lipinski definition) is 3. The smallest absolute Gasteiger partial charge is 0.133 e. The highest BCUT2D eigenvalue weighted by Gasteiger charge is 2.27. The van der Waals surface area contributed by atoms with E-state index in [1.807, 2.05) is 6.20 Å². The van der Waals surface area contributed by atoms with Crippen LogP contribution in [0, 0.1) is 0 Å². The normalized spacial score (nSPS) is 17.3. The van der Waals surface area contributed by atoms with Crippen molar-refractivity contribution in [3.05, 3.63) is 53.7 Å². The molecule has 2 heterocycles. The van der Waals surface area contributed by atoms with Gasteiger partial charge in [-0.1, -0.05) is 32.0 Å². The number of nitrogens with one attached hydrogen (secondary N) is 1. The van der Waals surface area contributed by atoms with Crippen molar-refractivity contribution in [2.24, 2.45) is 0 Å². The predicted octanol–water partition coefficient (Wildman–Crippen LogP) is 3.66. The zero-order valence-corrected chi connectivity index (χ0v) is 13.0. The third-order valence-electron chi connectivity index (χ3n) is 3.98. The zero-order chi connectivity index (χ0) is 14.8. The van der Waals surface area contributed by atoms with E-state index in [0.29, 0.717) is 12.1 Å². The Morgan fingerprint density at radius 3 is 2.90 bits per heavy atom. The summed E-state index contributed by atoms with van der Waals surface area (Å²) in [6.07, 6.45) is 3.01. The van der Waals surface area contributed by atoms with E-state index >= 15 is 0 Å². The number of para-hydroxylation sites is 1.